The summed E-state index contributed by atoms with van der Waals surface area (Å²) in [6.07, 6.45) is 1.01. The number of carbonyl (C=O) groups excluding carboxylic acids is 1. The SMILES string of the molecule is CCC1(C(=O)O)CCN(C(=O)c2cc(OC)ccc2Br)C1. The zero-order chi connectivity index (χ0) is 15.6. The Morgan fingerprint density at radius 3 is 2.71 bits per heavy atom. The van der Waals surface area contributed by atoms with Gasteiger partial charge in [0.1, 0.15) is 5.75 Å². The molecule has 1 fully saturated rings. The summed E-state index contributed by atoms with van der Waals surface area (Å²) in [5, 5.41) is 9.40. The summed E-state index contributed by atoms with van der Waals surface area (Å²) in [5.74, 6) is -0.400. The van der Waals surface area contributed by atoms with E-state index in [4.69, 9.17) is 4.74 Å². The van der Waals surface area contributed by atoms with Crippen molar-refractivity contribution in [1.82, 2.24) is 4.90 Å². The fraction of sp³-hybridized carbons (Fsp3) is 0.467. The third-order valence-electron chi connectivity index (χ3n) is 4.18. The van der Waals surface area contributed by atoms with E-state index < -0.39 is 11.4 Å². The summed E-state index contributed by atoms with van der Waals surface area (Å²) in [6.45, 7) is 2.56. The second-order valence-electron chi connectivity index (χ2n) is 5.26. The van der Waals surface area contributed by atoms with Gasteiger partial charge in [-0.25, -0.2) is 0 Å². The molecule has 0 aliphatic carbocycles. The Hall–Kier alpha value is -1.56. The van der Waals surface area contributed by atoms with Crippen LogP contribution >= 0.6 is 15.9 Å². The molecule has 1 aromatic carbocycles. The lowest BCUT2D eigenvalue weighted by molar-refractivity contribution is -0.148. The second-order valence-corrected chi connectivity index (χ2v) is 6.12. The van der Waals surface area contributed by atoms with Crippen LogP contribution in [0.15, 0.2) is 22.7 Å². The molecule has 1 aliphatic heterocycles. The molecule has 1 heterocycles. The molecule has 0 aromatic heterocycles. The van der Waals surface area contributed by atoms with Crippen LogP contribution < -0.4 is 4.74 Å². The quantitative estimate of drug-likeness (QED) is 0.901. The molecule has 0 radical (unpaired) electrons. The van der Waals surface area contributed by atoms with Crippen LogP contribution in [0.4, 0.5) is 0 Å². The fourth-order valence-corrected chi connectivity index (χ4v) is 3.04. The number of halogens is 1. The number of carboxylic acids is 1. The first-order chi connectivity index (χ1) is 9.93. The van der Waals surface area contributed by atoms with Gasteiger partial charge in [-0.1, -0.05) is 6.92 Å². The second kappa shape index (κ2) is 6.05. The summed E-state index contributed by atoms with van der Waals surface area (Å²) in [5.41, 5.74) is -0.326. The molecule has 0 bridgehead atoms. The van der Waals surface area contributed by atoms with Crippen molar-refractivity contribution in [2.45, 2.75) is 19.8 Å². The van der Waals surface area contributed by atoms with E-state index in [0.29, 0.717) is 35.2 Å². The van der Waals surface area contributed by atoms with Gasteiger partial charge < -0.3 is 14.7 Å². The van der Waals surface area contributed by atoms with Crippen molar-refractivity contribution in [3.63, 3.8) is 0 Å². The Morgan fingerprint density at radius 2 is 2.19 bits per heavy atom. The highest BCUT2D eigenvalue weighted by molar-refractivity contribution is 9.10. The van der Waals surface area contributed by atoms with E-state index in [2.05, 4.69) is 15.9 Å². The molecule has 1 aliphatic rings. The Kier molecular flexibility index (Phi) is 4.56. The predicted molar refractivity (Wildman–Crippen MR) is 81.6 cm³/mol. The van der Waals surface area contributed by atoms with Crippen LogP contribution in [0.3, 0.4) is 0 Å². The smallest absolute Gasteiger partial charge is 0.311 e. The summed E-state index contributed by atoms with van der Waals surface area (Å²) in [6, 6.07) is 5.18. The summed E-state index contributed by atoms with van der Waals surface area (Å²) in [7, 11) is 1.54. The maximum Gasteiger partial charge on any atom is 0.311 e. The van der Waals surface area contributed by atoms with Gasteiger partial charge in [0.2, 0.25) is 0 Å². The number of carboxylic acid groups (broad SMARTS) is 1. The predicted octanol–water partition coefficient (Wildman–Crippen LogP) is 2.78. The van der Waals surface area contributed by atoms with Crippen LogP contribution in [0.1, 0.15) is 30.1 Å². The number of aliphatic carboxylic acids is 1. The van der Waals surface area contributed by atoms with Crippen molar-refractivity contribution in [3.05, 3.63) is 28.2 Å². The van der Waals surface area contributed by atoms with Crippen LogP contribution in [-0.4, -0.2) is 42.1 Å². The summed E-state index contributed by atoms with van der Waals surface area (Å²) < 4.78 is 5.82. The maximum atomic E-state index is 12.6. The Labute approximate surface area is 132 Å². The minimum Gasteiger partial charge on any atom is -0.497 e. The van der Waals surface area contributed by atoms with Crippen LogP contribution in [0.25, 0.3) is 0 Å². The van der Waals surface area contributed by atoms with Crippen molar-refractivity contribution in [2.75, 3.05) is 20.2 Å². The van der Waals surface area contributed by atoms with E-state index in [9.17, 15) is 14.7 Å². The summed E-state index contributed by atoms with van der Waals surface area (Å²) >= 11 is 3.36. The number of rotatable bonds is 4. The number of methoxy groups -OCH3 is 1. The first-order valence-corrected chi connectivity index (χ1v) is 7.59. The number of ether oxygens (including phenoxy) is 1. The van der Waals surface area contributed by atoms with Crippen LogP contribution in [0.2, 0.25) is 0 Å². The fourth-order valence-electron chi connectivity index (χ4n) is 2.63. The van der Waals surface area contributed by atoms with Gasteiger partial charge in [0, 0.05) is 17.6 Å². The highest BCUT2D eigenvalue weighted by atomic mass is 79.9. The largest absolute Gasteiger partial charge is 0.497 e. The van der Waals surface area contributed by atoms with E-state index in [1.807, 2.05) is 6.92 Å². The van der Waals surface area contributed by atoms with E-state index >= 15 is 0 Å². The molecular weight excluding hydrogens is 338 g/mol. The van der Waals surface area contributed by atoms with Gasteiger partial charge in [0.15, 0.2) is 0 Å². The van der Waals surface area contributed by atoms with E-state index in [1.165, 1.54) is 0 Å². The van der Waals surface area contributed by atoms with Crippen LogP contribution in [-0.2, 0) is 4.79 Å². The molecule has 1 unspecified atom stereocenters. The standard InChI is InChI=1S/C15H18BrNO4/c1-3-15(14(19)20)6-7-17(9-15)13(18)11-8-10(21-2)4-5-12(11)16/h4-5,8H,3,6-7,9H2,1-2H3,(H,19,20). The number of hydrogen-bond acceptors (Lipinski definition) is 3. The number of hydrogen-bond donors (Lipinski definition) is 1. The number of nitrogens with zero attached hydrogens (tertiary/aromatic N) is 1. The number of likely N-dealkylation sites (tertiary alicyclic amines) is 1. The van der Waals surface area contributed by atoms with Crippen LogP contribution in [0.5, 0.6) is 5.75 Å². The first kappa shape index (κ1) is 15.8. The van der Waals surface area contributed by atoms with Crippen molar-refractivity contribution in [3.8, 4) is 5.75 Å². The highest BCUT2D eigenvalue weighted by Gasteiger charge is 2.45. The third-order valence-corrected chi connectivity index (χ3v) is 4.87. The molecule has 21 heavy (non-hydrogen) atoms. The average Bonchev–Trinajstić information content (AvgIpc) is 2.93. The van der Waals surface area contributed by atoms with Gasteiger partial charge in [-0.3, -0.25) is 9.59 Å². The molecule has 114 valence electrons. The van der Waals surface area contributed by atoms with Gasteiger partial charge in [-0.05, 0) is 47.0 Å². The normalized spacial score (nSPS) is 21.4. The highest BCUT2D eigenvalue weighted by Crippen LogP contribution is 2.35. The Balaban J connectivity index is 2.24. The topological polar surface area (TPSA) is 66.8 Å². The lowest BCUT2D eigenvalue weighted by Crippen LogP contribution is -2.36. The Bertz CT molecular complexity index is 575. The minimum absolute atomic E-state index is 0.169. The van der Waals surface area contributed by atoms with Crippen LogP contribution in [0, 0.1) is 5.41 Å². The molecule has 1 saturated heterocycles. The van der Waals surface area contributed by atoms with Gasteiger partial charge in [-0.2, -0.15) is 0 Å². The summed E-state index contributed by atoms with van der Waals surface area (Å²) in [4.78, 5) is 25.7. The van der Waals surface area contributed by atoms with Gasteiger partial charge in [0.05, 0.1) is 18.1 Å². The first-order valence-electron chi connectivity index (χ1n) is 6.80. The molecule has 6 heteroatoms. The van der Waals surface area contributed by atoms with E-state index in [1.54, 1.807) is 30.2 Å². The third kappa shape index (κ3) is 2.90. The number of benzene rings is 1. The maximum absolute atomic E-state index is 12.6. The van der Waals surface area contributed by atoms with Gasteiger partial charge in [-0.15, -0.1) is 0 Å². The zero-order valence-corrected chi connectivity index (χ0v) is 13.6. The molecule has 0 spiro atoms. The van der Waals surface area contributed by atoms with Crippen molar-refractivity contribution < 1.29 is 19.4 Å². The Morgan fingerprint density at radius 1 is 1.48 bits per heavy atom. The molecule has 1 amide bonds. The van der Waals surface area contributed by atoms with Crippen molar-refractivity contribution in [2.24, 2.45) is 5.41 Å². The molecular formula is C15H18BrNO4. The number of carbonyl (C=O) groups is 2. The van der Waals surface area contributed by atoms with Gasteiger partial charge >= 0.3 is 5.97 Å². The molecule has 2 rings (SSSR count). The number of amides is 1. The molecule has 5 nitrogen and oxygen atoms in total. The van der Waals surface area contributed by atoms with Crippen molar-refractivity contribution in [1.29, 1.82) is 0 Å². The zero-order valence-electron chi connectivity index (χ0n) is 12.1. The monoisotopic (exact) mass is 355 g/mol. The van der Waals surface area contributed by atoms with E-state index in [0.717, 1.165) is 0 Å². The molecule has 1 N–H and O–H groups in total. The molecule has 1 aromatic rings. The lowest BCUT2D eigenvalue weighted by Gasteiger charge is -2.23. The van der Waals surface area contributed by atoms with Crippen molar-refractivity contribution >= 4 is 27.8 Å². The minimum atomic E-state index is -0.829. The molecule has 1 atom stereocenters. The lowest BCUT2D eigenvalue weighted by atomic mass is 9.84. The van der Waals surface area contributed by atoms with Gasteiger partial charge in [0.25, 0.3) is 5.91 Å². The van der Waals surface area contributed by atoms with E-state index in [-0.39, 0.29) is 12.5 Å². The molecule has 0 saturated carbocycles. The average molecular weight is 356 g/mol.